The van der Waals surface area contributed by atoms with E-state index >= 15 is 0 Å². The number of aryl methyl sites for hydroxylation is 4. The van der Waals surface area contributed by atoms with Crippen LogP contribution in [0.4, 0.5) is 11.5 Å². The molecule has 0 aliphatic carbocycles. The summed E-state index contributed by atoms with van der Waals surface area (Å²) in [5.41, 5.74) is 10.7. The van der Waals surface area contributed by atoms with E-state index in [0.29, 0.717) is 36.7 Å². The Morgan fingerprint density at radius 3 is 2.70 bits per heavy atom. The lowest BCUT2D eigenvalue weighted by Gasteiger charge is -2.24. The van der Waals surface area contributed by atoms with Crippen LogP contribution in [0.3, 0.4) is 0 Å². The molecule has 5 rings (SSSR count). The number of nitrogens with one attached hydrogen (secondary N) is 3. The van der Waals surface area contributed by atoms with Gasteiger partial charge in [0.2, 0.25) is 11.8 Å². The molecule has 2 unspecified atom stereocenters. The Balaban J connectivity index is 0.00000276. The number of hydrogen-bond acceptors (Lipinski definition) is 9. The zero-order valence-corrected chi connectivity index (χ0v) is 29.5. The van der Waals surface area contributed by atoms with Crippen LogP contribution in [0.1, 0.15) is 79.1 Å². The molecule has 0 radical (unpaired) electrons. The van der Waals surface area contributed by atoms with E-state index in [1.54, 1.807) is 10.7 Å². The van der Waals surface area contributed by atoms with Crippen molar-refractivity contribution in [3.05, 3.63) is 64.6 Å². The second kappa shape index (κ2) is 19.0. The molecular weight excluding hydrogens is 636 g/mol. The molecule has 2 amide bonds. The largest absolute Gasteiger partial charge is 0.481 e. The number of nitrogens with zero attached hydrogens (tertiary/aromatic N) is 4. The number of hydrogen-bond donors (Lipinski definition) is 5. The smallest absolute Gasteiger partial charge is 0.304 e. The van der Waals surface area contributed by atoms with Crippen molar-refractivity contribution in [1.29, 1.82) is 0 Å². The van der Waals surface area contributed by atoms with E-state index in [4.69, 9.17) is 4.98 Å². The minimum atomic E-state index is -0.887. The molecule has 1 fully saturated rings. The highest BCUT2D eigenvalue weighted by atomic mass is 16.4. The van der Waals surface area contributed by atoms with Gasteiger partial charge in [-0.05, 0) is 113 Å². The monoisotopic (exact) mass is 688 g/mol. The van der Waals surface area contributed by atoms with Crippen molar-refractivity contribution < 1.29 is 24.3 Å². The minimum Gasteiger partial charge on any atom is -0.481 e. The number of aldehydes is 1. The number of carbonyl (C=O) groups excluding carboxylic acids is 3. The summed E-state index contributed by atoms with van der Waals surface area (Å²) in [4.78, 5) is 54.8. The molecule has 13 heteroatoms. The molecule has 270 valence electrons. The van der Waals surface area contributed by atoms with Crippen LogP contribution in [0.5, 0.6) is 0 Å². The quantitative estimate of drug-likeness (QED) is 0.110. The van der Waals surface area contributed by atoms with Crippen molar-refractivity contribution in [2.75, 3.05) is 50.4 Å². The van der Waals surface area contributed by atoms with Gasteiger partial charge >= 0.3 is 5.97 Å². The van der Waals surface area contributed by atoms with Crippen LogP contribution in [0, 0.1) is 19.8 Å². The van der Waals surface area contributed by atoms with Gasteiger partial charge in [0.1, 0.15) is 12.1 Å². The van der Waals surface area contributed by atoms with Crippen LogP contribution in [-0.4, -0.2) is 88.6 Å². The number of aliphatic carboxylic acids is 1. The lowest BCUT2D eigenvalue weighted by molar-refractivity contribution is -0.137. The van der Waals surface area contributed by atoms with Crippen LogP contribution in [0.15, 0.2) is 36.4 Å². The van der Waals surface area contributed by atoms with Gasteiger partial charge in [-0.2, -0.15) is 5.10 Å². The SMILES string of the molecule is CN.Cc1cc(C)n(-c2cc(NC(=O)CNC(=O)CCCC=O)cc(C(CC(=O)O)CN3CCC(CCc4ccc5c(n4)NCCC5)C3)c2)n1. The highest BCUT2D eigenvalue weighted by Crippen LogP contribution is 2.31. The summed E-state index contributed by atoms with van der Waals surface area (Å²) in [7, 11) is 1.50. The van der Waals surface area contributed by atoms with E-state index in [-0.39, 0.29) is 31.2 Å². The summed E-state index contributed by atoms with van der Waals surface area (Å²) >= 11 is 0. The third-order valence-corrected chi connectivity index (χ3v) is 9.15. The molecule has 2 aromatic heterocycles. The number of carbonyl (C=O) groups is 4. The van der Waals surface area contributed by atoms with Gasteiger partial charge in [-0.25, -0.2) is 9.67 Å². The summed E-state index contributed by atoms with van der Waals surface area (Å²) in [6.07, 6.45) is 6.81. The normalized spacial score (nSPS) is 16.0. The third kappa shape index (κ3) is 11.2. The Morgan fingerprint density at radius 1 is 1.14 bits per heavy atom. The first-order valence-corrected chi connectivity index (χ1v) is 17.6. The number of amides is 2. The zero-order valence-electron chi connectivity index (χ0n) is 29.5. The molecular formula is C37H52N8O5. The van der Waals surface area contributed by atoms with Crippen molar-refractivity contribution in [3.63, 3.8) is 0 Å². The number of anilines is 2. The summed E-state index contributed by atoms with van der Waals surface area (Å²) in [5.74, 6) is -0.382. The maximum atomic E-state index is 12.9. The minimum absolute atomic E-state index is 0.0575. The van der Waals surface area contributed by atoms with Crippen LogP contribution in [0.2, 0.25) is 0 Å². The molecule has 4 heterocycles. The number of carboxylic acids is 1. The Kier molecular flexibility index (Phi) is 14.5. The molecule has 0 bridgehead atoms. The Bertz CT molecular complexity index is 1620. The fraction of sp³-hybridized carbons (Fsp3) is 0.514. The molecule has 13 nitrogen and oxygen atoms in total. The van der Waals surface area contributed by atoms with E-state index in [1.165, 1.54) is 12.6 Å². The van der Waals surface area contributed by atoms with Crippen molar-refractivity contribution in [3.8, 4) is 5.69 Å². The zero-order chi connectivity index (χ0) is 36.0. The average molecular weight is 689 g/mol. The van der Waals surface area contributed by atoms with Gasteiger partial charge in [0, 0.05) is 55.5 Å². The Morgan fingerprint density at radius 2 is 1.96 bits per heavy atom. The van der Waals surface area contributed by atoms with Crippen molar-refractivity contribution in [2.24, 2.45) is 11.7 Å². The van der Waals surface area contributed by atoms with E-state index in [9.17, 15) is 24.3 Å². The second-order valence-electron chi connectivity index (χ2n) is 13.1. The first-order chi connectivity index (χ1) is 24.2. The predicted octanol–water partition coefficient (Wildman–Crippen LogP) is 3.75. The third-order valence-electron chi connectivity index (χ3n) is 9.15. The summed E-state index contributed by atoms with van der Waals surface area (Å²) in [5, 5.41) is 23.5. The van der Waals surface area contributed by atoms with Crippen molar-refractivity contribution in [2.45, 2.75) is 77.6 Å². The van der Waals surface area contributed by atoms with Gasteiger partial charge < -0.3 is 36.5 Å². The molecule has 2 aliphatic rings. The van der Waals surface area contributed by atoms with Gasteiger partial charge in [-0.15, -0.1) is 0 Å². The van der Waals surface area contributed by atoms with E-state index < -0.39 is 11.9 Å². The topological polar surface area (TPSA) is 185 Å². The maximum absolute atomic E-state index is 12.9. The van der Waals surface area contributed by atoms with E-state index in [0.717, 1.165) is 86.5 Å². The Labute approximate surface area is 294 Å². The molecule has 1 aromatic carbocycles. The molecule has 3 aromatic rings. The van der Waals surface area contributed by atoms with Gasteiger partial charge in [0.15, 0.2) is 0 Å². The standard InChI is InChI=1S/C36H47N7O5.CH5N/c1-24-16-25(2)43(41-24)32-18-28(17-31(20-32)39-34(46)21-38-33(45)7-3-4-15-44)29(19-35(47)48)23-42-14-12-26(22-42)8-10-30-11-9-27-6-5-13-37-36(27)40-30;1-2/h9,11,15-18,20,26,29H,3-8,10,12-14,19,21-23H2,1-2H3,(H,37,40)(H,38,45)(H,39,46)(H,47,48);2H2,1H3. The number of likely N-dealkylation sites (tertiary alicyclic amines) is 1. The van der Waals surface area contributed by atoms with Crippen LogP contribution >= 0.6 is 0 Å². The number of rotatable bonds is 16. The second-order valence-corrected chi connectivity index (χ2v) is 13.1. The fourth-order valence-corrected chi connectivity index (χ4v) is 6.76. The van der Waals surface area contributed by atoms with E-state index in [1.807, 2.05) is 32.0 Å². The Hall–Kier alpha value is -4.62. The van der Waals surface area contributed by atoms with Gasteiger partial charge in [0.25, 0.3) is 0 Å². The molecule has 2 aliphatic heterocycles. The number of aromatic nitrogens is 3. The summed E-state index contributed by atoms with van der Waals surface area (Å²) in [6, 6.07) is 11.9. The number of benzene rings is 1. The van der Waals surface area contributed by atoms with E-state index in [2.05, 4.69) is 43.8 Å². The summed E-state index contributed by atoms with van der Waals surface area (Å²) < 4.78 is 1.79. The highest BCUT2D eigenvalue weighted by Gasteiger charge is 2.27. The van der Waals surface area contributed by atoms with Crippen LogP contribution in [0.25, 0.3) is 5.69 Å². The maximum Gasteiger partial charge on any atom is 0.304 e. The highest BCUT2D eigenvalue weighted by molar-refractivity contribution is 5.94. The number of pyridine rings is 1. The average Bonchev–Trinajstić information content (AvgIpc) is 3.71. The van der Waals surface area contributed by atoms with Crippen molar-refractivity contribution >= 4 is 35.6 Å². The van der Waals surface area contributed by atoms with Gasteiger partial charge in [-0.1, -0.05) is 6.07 Å². The lowest BCUT2D eigenvalue weighted by atomic mass is 9.93. The number of nitrogens with two attached hydrogens (primary N) is 1. The first kappa shape index (κ1) is 38.2. The molecule has 50 heavy (non-hydrogen) atoms. The number of carboxylic acid groups (broad SMARTS) is 1. The number of unbranched alkanes of at least 4 members (excludes halogenated alkanes) is 1. The van der Waals surface area contributed by atoms with Crippen LogP contribution < -0.4 is 21.7 Å². The molecule has 6 N–H and O–H groups in total. The number of fused-ring (bicyclic) bond motifs is 1. The first-order valence-electron chi connectivity index (χ1n) is 17.6. The van der Waals surface area contributed by atoms with Gasteiger partial charge in [-0.3, -0.25) is 14.4 Å². The lowest BCUT2D eigenvalue weighted by Crippen LogP contribution is -2.32. The molecule has 1 saturated heterocycles. The van der Waals surface area contributed by atoms with Crippen LogP contribution in [-0.2, 0) is 32.0 Å². The molecule has 2 atom stereocenters. The predicted molar refractivity (Wildman–Crippen MR) is 194 cm³/mol. The fourth-order valence-electron chi connectivity index (χ4n) is 6.76. The molecule has 0 spiro atoms. The van der Waals surface area contributed by atoms with Gasteiger partial charge in [0.05, 0.1) is 24.3 Å². The summed E-state index contributed by atoms with van der Waals surface area (Å²) in [6.45, 7) is 6.97. The molecule has 0 saturated carbocycles. The van der Waals surface area contributed by atoms with Crippen molar-refractivity contribution in [1.82, 2.24) is 25.0 Å².